The van der Waals surface area contributed by atoms with Crippen molar-refractivity contribution in [1.82, 2.24) is 0 Å². The summed E-state index contributed by atoms with van der Waals surface area (Å²) in [7, 11) is -2.52. The first kappa shape index (κ1) is 16.7. The van der Waals surface area contributed by atoms with E-state index >= 15 is 0 Å². The van der Waals surface area contributed by atoms with Gasteiger partial charge >= 0.3 is 0 Å². The fraction of sp³-hybridized carbons (Fsp3) is 1.00. The lowest BCUT2D eigenvalue weighted by Crippen LogP contribution is -2.37. The van der Waals surface area contributed by atoms with E-state index in [2.05, 4.69) is 64.7 Å². The Bertz CT molecular complexity index is 200. The molecule has 0 heterocycles. The summed E-state index contributed by atoms with van der Waals surface area (Å²) in [5, 5.41) is 0. The number of hydrogen-bond acceptors (Lipinski definition) is 2. The molecule has 0 aromatic rings. The molecule has 1 unspecified atom stereocenters. The highest BCUT2D eigenvalue weighted by molar-refractivity contribution is 8.28. The van der Waals surface area contributed by atoms with E-state index in [0.29, 0.717) is 5.44 Å². The van der Waals surface area contributed by atoms with Gasteiger partial charge < -0.3 is 4.43 Å². The van der Waals surface area contributed by atoms with Gasteiger partial charge in [-0.1, -0.05) is 40.4 Å². The molecule has 98 valence electrons. The second-order valence-electron chi connectivity index (χ2n) is 6.54. The highest BCUT2D eigenvalue weighted by Gasteiger charge is 2.29. The third kappa shape index (κ3) is 8.85. The van der Waals surface area contributed by atoms with Gasteiger partial charge in [-0.3, -0.25) is 0 Å². The molecule has 0 aromatic heterocycles. The normalized spacial score (nSPS) is 15.6. The van der Waals surface area contributed by atoms with Crippen molar-refractivity contribution >= 4 is 26.8 Å². The van der Waals surface area contributed by atoms with Crippen molar-refractivity contribution in [2.75, 3.05) is 0 Å². The summed E-state index contributed by atoms with van der Waals surface area (Å²) in [5.41, 5.74) is 0.437. The Morgan fingerprint density at radius 2 is 1.56 bits per heavy atom. The molecule has 0 aliphatic carbocycles. The molecule has 0 N–H and O–H groups in total. The van der Waals surface area contributed by atoms with E-state index in [0.717, 1.165) is 12.3 Å². The van der Waals surface area contributed by atoms with E-state index in [1.807, 2.05) is 0 Å². The average Bonchev–Trinajstić information content (AvgIpc) is 1.96. The highest BCUT2D eigenvalue weighted by Crippen LogP contribution is 2.31. The van der Waals surface area contributed by atoms with Gasteiger partial charge in [0.05, 0.1) is 5.44 Å². The van der Waals surface area contributed by atoms with E-state index in [-0.39, 0.29) is 0 Å². The molecular formula is C12H30OSSi2. The Morgan fingerprint density at radius 3 is 1.88 bits per heavy atom. The monoisotopic (exact) mass is 278 g/mol. The van der Waals surface area contributed by atoms with Gasteiger partial charge in [-0.2, -0.15) is 11.2 Å². The van der Waals surface area contributed by atoms with Crippen LogP contribution in [0, 0.1) is 5.92 Å². The minimum Gasteiger partial charge on any atom is -0.406 e. The molecule has 0 radical (unpaired) electrons. The SMILES string of the molecule is CCC(O[Si](C)(C)CC(C)C)S[Si](C)(C)C. The quantitative estimate of drug-likeness (QED) is 0.469. The second-order valence-corrected chi connectivity index (χ2v) is 20.1. The molecule has 0 spiro atoms. The third-order valence-electron chi connectivity index (χ3n) is 2.17. The average molecular weight is 279 g/mol. The molecule has 0 saturated heterocycles. The lowest BCUT2D eigenvalue weighted by molar-refractivity contribution is 0.271. The summed E-state index contributed by atoms with van der Waals surface area (Å²) >= 11 is 2.11. The fourth-order valence-corrected chi connectivity index (χ4v) is 10.1. The summed E-state index contributed by atoms with van der Waals surface area (Å²) in [6, 6.07) is 1.27. The minimum absolute atomic E-state index is 0.437. The summed E-state index contributed by atoms with van der Waals surface area (Å²) in [6.07, 6.45) is 1.14. The molecular weight excluding hydrogens is 248 g/mol. The van der Waals surface area contributed by atoms with Gasteiger partial charge in [0, 0.05) is 0 Å². The topological polar surface area (TPSA) is 9.23 Å². The molecule has 0 saturated carbocycles. The Balaban J connectivity index is 4.30. The van der Waals surface area contributed by atoms with Crippen molar-refractivity contribution in [3.63, 3.8) is 0 Å². The van der Waals surface area contributed by atoms with Crippen LogP contribution in [-0.4, -0.2) is 21.0 Å². The van der Waals surface area contributed by atoms with Gasteiger partial charge in [0.1, 0.15) is 7.22 Å². The van der Waals surface area contributed by atoms with Crippen LogP contribution in [0.5, 0.6) is 0 Å². The van der Waals surface area contributed by atoms with E-state index in [1.54, 1.807) is 0 Å². The van der Waals surface area contributed by atoms with Gasteiger partial charge in [-0.15, -0.1) is 0 Å². The van der Waals surface area contributed by atoms with Crippen LogP contribution in [-0.2, 0) is 4.43 Å². The summed E-state index contributed by atoms with van der Waals surface area (Å²) in [5.74, 6) is 0.760. The summed E-state index contributed by atoms with van der Waals surface area (Å²) < 4.78 is 6.41. The summed E-state index contributed by atoms with van der Waals surface area (Å²) in [6.45, 7) is 18.8. The number of rotatable bonds is 7. The Labute approximate surface area is 109 Å². The fourth-order valence-electron chi connectivity index (χ4n) is 1.97. The molecule has 1 nitrogen and oxygen atoms in total. The van der Waals surface area contributed by atoms with Crippen LogP contribution < -0.4 is 0 Å². The molecule has 0 rings (SSSR count). The molecule has 0 aliphatic rings. The Hall–Kier alpha value is 0.744. The minimum atomic E-state index is -1.45. The lowest BCUT2D eigenvalue weighted by Gasteiger charge is -2.32. The Morgan fingerprint density at radius 1 is 1.06 bits per heavy atom. The largest absolute Gasteiger partial charge is 0.406 e. The third-order valence-corrected chi connectivity index (χ3v) is 9.37. The maximum Gasteiger partial charge on any atom is 0.188 e. The zero-order valence-corrected chi connectivity index (χ0v) is 15.2. The molecule has 0 bridgehead atoms. The maximum absolute atomic E-state index is 6.41. The lowest BCUT2D eigenvalue weighted by atomic mass is 10.3. The molecule has 0 aromatic carbocycles. The van der Waals surface area contributed by atoms with Gasteiger partial charge in [0.25, 0.3) is 0 Å². The molecule has 1 atom stereocenters. The zero-order valence-electron chi connectivity index (χ0n) is 12.4. The highest BCUT2D eigenvalue weighted by atomic mass is 32.4. The van der Waals surface area contributed by atoms with Gasteiger partial charge in [0.2, 0.25) is 0 Å². The molecule has 16 heavy (non-hydrogen) atoms. The van der Waals surface area contributed by atoms with Crippen molar-refractivity contribution < 1.29 is 4.43 Å². The van der Waals surface area contributed by atoms with E-state index in [9.17, 15) is 0 Å². The van der Waals surface area contributed by atoms with Crippen molar-refractivity contribution in [1.29, 1.82) is 0 Å². The van der Waals surface area contributed by atoms with E-state index < -0.39 is 15.5 Å². The van der Waals surface area contributed by atoms with Crippen molar-refractivity contribution in [2.24, 2.45) is 5.92 Å². The molecule has 4 heteroatoms. The van der Waals surface area contributed by atoms with Crippen LogP contribution in [0.15, 0.2) is 0 Å². The van der Waals surface area contributed by atoms with Crippen LogP contribution in [0.25, 0.3) is 0 Å². The predicted octanol–water partition coefficient (Wildman–Crippen LogP) is 5.17. The number of hydrogen-bond donors (Lipinski definition) is 0. The predicted molar refractivity (Wildman–Crippen MR) is 83.2 cm³/mol. The van der Waals surface area contributed by atoms with Crippen LogP contribution >= 0.6 is 11.2 Å². The van der Waals surface area contributed by atoms with Crippen LogP contribution in [0.3, 0.4) is 0 Å². The van der Waals surface area contributed by atoms with E-state index in [1.165, 1.54) is 6.04 Å². The van der Waals surface area contributed by atoms with Gasteiger partial charge in [-0.05, 0) is 31.5 Å². The Kier molecular flexibility index (Phi) is 6.92. The molecule has 0 fully saturated rings. The first-order valence-corrected chi connectivity index (χ1v) is 14.6. The van der Waals surface area contributed by atoms with Crippen molar-refractivity contribution in [2.45, 2.75) is 71.4 Å². The zero-order chi connectivity index (χ0) is 13.0. The first-order chi connectivity index (χ1) is 7.06. The maximum atomic E-state index is 6.41. The summed E-state index contributed by atoms with van der Waals surface area (Å²) in [4.78, 5) is 0. The second kappa shape index (κ2) is 6.62. The van der Waals surface area contributed by atoms with E-state index in [4.69, 9.17) is 4.43 Å². The van der Waals surface area contributed by atoms with Gasteiger partial charge in [-0.25, -0.2) is 0 Å². The molecule has 0 aliphatic heterocycles. The van der Waals surface area contributed by atoms with Crippen molar-refractivity contribution in [3.05, 3.63) is 0 Å². The van der Waals surface area contributed by atoms with Crippen LogP contribution in [0.2, 0.25) is 38.8 Å². The van der Waals surface area contributed by atoms with Crippen molar-refractivity contribution in [3.8, 4) is 0 Å². The van der Waals surface area contributed by atoms with Crippen LogP contribution in [0.4, 0.5) is 0 Å². The smallest absolute Gasteiger partial charge is 0.188 e. The van der Waals surface area contributed by atoms with Crippen LogP contribution in [0.1, 0.15) is 27.2 Å². The molecule has 0 amide bonds. The van der Waals surface area contributed by atoms with Gasteiger partial charge in [0.15, 0.2) is 8.32 Å². The standard InChI is InChI=1S/C12H30OSSi2/c1-9-12(14-15(4,5)6)13-16(7,8)10-11(2)3/h11-12H,9-10H2,1-8H3. The first-order valence-electron chi connectivity index (χ1n) is 6.41.